The Balaban J connectivity index is 4.30. The summed E-state index contributed by atoms with van der Waals surface area (Å²) in [4.78, 5) is 27.2. The Bertz CT molecular complexity index is 281. The molecule has 0 saturated carbocycles. The number of hydrogen-bond donors (Lipinski definition) is 0. The van der Waals surface area contributed by atoms with Crippen molar-refractivity contribution in [3.8, 4) is 0 Å². The van der Waals surface area contributed by atoms with Gasteiger partial charge in [-0.1, -0.05) is 29.8 Å². The lowest BCUT2D eigenvalue weighted by Crippen LogP contribution is -2.17. The summed E-state index contributed by atoms with van der Waals surface area (Å²) in [5.41, 5.74) is 0.515. The zero-order valence-electron chi connectivity index (χ0n) is 11.6. The summed E-state index contributed by atoms with van der Waals surface area (Å²) in [6, 6.07) is 0. The first-order chi connectivity index (χ1) is 9.13. The van der Waals surface area contributed by atoms with Crippen LogP contribution in [0.25, 0.3) is 0 Å². The maximum Gasteiger partial charge on any atom is 0.311 e. The fraction of sp³-hybridized carbons (Fsp3) is 0.769. The lowest BCUT2D eigenvalue weighted by atomic mass is 10.2. The smallest absolute Gasteiger partial charge is 0.311 e. The van der Waals surface area contributed by atoms with E-state index in [4.69, 9.17) is 9.47 Å². The number of carbonyl (C=O) groups excluding carboxylic acids is 2. The summed E-state index contributed by atoms with van der Waals surface area (Å²) in [6.07, 6.45) is 1.65. The van der Waals surface area contributed by atoms with Crippen LogP contribution in [0.3, 0.4) is 0 Å². The molecule has 0 aliphatic carbocycles. The topological polar surface area (TPSA) is 65.0 Å². The van der Waals surface area contributed by atoms with E-state index in [-0.39, 0.29) is 24.8 Å². The lowest BCUT2D eigenvalue weighted by Gasteiger charge is -2.07. The van der Waals surface area contributed by atoms with Crippen LogP contribution in [-0.4, -0.2) is 42.7 Å². The van der Waals surface area contributed by atoms with Crippen LogP contribution < -0.4 is 0 Å². The van der Waals surface area contributed by atoms with Crippen LogP contribution in [0.4, 0.5) is 0 Å². The highest BCUT2D eigenvalue weighted by atomic mass is 79.9. The molecule has 0 rings (SSSR count). The van der Waals surface area contributed by atoms with Crippen LogP contribution >= 0.6 is 15.9 Å². The van der Waals surface area contributed by atoms with Gasteiger partial charge in [-0.3, -0.25) is 14.6 Å². The van der Waals surface area contributed by atoms with E-state index in [1.54, 1.807) is 0 Å². The molecule has 19 heavy (non-hydrogen) atoms. The minimum Gasteiger partial charge on any atom is -0.465 e. The molecule has 6 heteroatoms. The molecular weight excluding hydrogens is 314 g/mol. The van der Waals surface area contributed by atoms with E-state index in [1.807, 2.05) is 13.8 Å². The number of hydrogen-bond acceptors (Lipinski definition) is 5. The van der Waals surface area contributed by atoms with E-state index in [0.717, 1.165) is 12.8 Å². The van der Waals surface area contributed by atoms with Gasteiger partial charge in [-0.2, -0.15) is 0 Å². The molecule has 0 heterocycles. The third-order valence-electron chi connectivity index (χ3n) is 2.05. The summed E-state index contributed by atoms with van der Waals surface area (Å²) < 4.78 is 9.96. The predicted molar refractivity (Wildman–Crippen MR) is 77.8 cm³/mol. The summed E-state index contributed by atoms with van der Waals surface area (Å²) in [5, 5.41) is 0.685. The van der Waals surface area contributed by atoms with E-state index in [2.05, 4.69) is 20.9 Å². The predicted octanol–water partition coefficient (Wildman–Crippen LogP) is 2.51. The highest BCUT2D eigenvalue weighted by Crippen LogP contribution is 2.01. The molecule has 0 saturated heterocycles. The zero-order valence-corrected chi connectivity index (χ0v) is 13.2. The van der Waals surface area contributed by atoms with E-state index >= 15 is 0 Å². The molecule has 0 aromatic carbocycles. The molecule has 0 unspecified atom stereocenters. The first-order valence-corrected chi connectivity index (χ1v) is 7.65. The SMILES string of the molecule is CCCOC(=O)CC(CC(=O)OCCC)=NCCBr. The number of alkyl halides is 1. The largest absolute Gasteiger partial charge is 0.465 e. The summed E-state index contributed by atoms with van der Waals surface area (Å²) in [5.74, 6) is -0.697. The maximum absolute atomic E-state index is 11.5. The molecule has 0 amide bonds. The zero-order chi connectivity index (χ0) is 14.5. The molecule has 0 bridgehead atoms. The highest BCUT2D eigenvalue weighted by Gasteiger charge is 2.13. The van der Waals surface area contributed by atoms with Gasteiger partial charge in [0, 0.05) is 17.6 Å². The van der Waals surface area contributed by atoms with Crippen molar-refractivity contribution in [1.29, 1.82) is 0 Å². The first kappa shape index (κ1) is 18.1. The number of esters is 2. The molecule has 0 N–H and O–H groups in total. The summed E-state index contributed by atoms with van der Waals surface area (Å²) in [6.45, 7) is 5.16. The van der Waals surface area contributed by atoms with E-state index < -0.39 is 0 Å². The Hall–Kier alpha value is -0.910. The van der Waals surface area contributed by atoms with Crippen LogP contribution in [0.1, 0.15) is 39.5 Å². The summed E-state index contributed by atoms with van der Waals surface area (Å²) >= 11 is 3.25. The van der Waals surface area contributed by atoms with Gasteiger partial charge >= 0.3 is 11.9 Å². The molecule has 0 fully saturated rings. The fourth-order valence-corrected chi connectivity index (χ4v) is 1.42. The van der Waals surface area contributed by atoms with Gasteiger partial charge in [0.2, 0.25) is 0 Å². The quantitative estimate of drug-likeness (QED) is 0.349. The number of ether oxygens (including phenoxy) is 2. The van der Waals surface area contributed by atoms with Crippen LogP contribution in [0, 0.1) is 0 Å². The standard InChI is InChI=1S/C13H22BrNO4/c1-3-7-18-12(16)9-11(15-6-5-14)10-13(17)19-8-4-2/h3-10H2,1-2H3. The number of carbonyl (C=O) groups is 2. The van der Waals surface area contributed by atoms with Gasteiger partial charge < -0.3 is 9.47 Å². The van der Waals surface area contributed by atoms with Crippen molar-refractivity contribution in [2.75, 3.05) is 25.1 Å². The van der Waals surface area contributed by atoms with Crippen molar-refractivity contribution in [2.45, 2.75) is 39.5 Å². The third kappa shape index (κ3) is 10.7. The molecule has 0 aliphatic rings. The van der Waals surface area contributed by atoms with Gasteiger partial charge in [0.05, 0.1) is 26.1 Å². The molecule has 0 aromatic rings. The van der Waals surface area contributed by atoms with Crippen molar-refractivity contribution >= 4 is 33.6 Å². The van der Waals surface area contributed by atoms with Gasteiger partial charge in [-0.05, 0) is 12.8 Å². The van der Waals surface area contributed by atoms with Crippen LogP contribution in [0.2, 0.25) is 0 Å². The second kappa shape index (κ2) is 12.1. The van der Waals surface area contributed by atoms with Gasteiger partial charge in [0.25, 0.3) is 0 Å². The highest BCUT2D eigenvalue weighted by molar-refractivity contribution is 9.09. The average Bonchev–Trinajstić information content (AvgIpc) is 2.40. The Morgan fingerprint density at radius 3 is 1.84 bits per heavy atom. The first-order valence-electron chi connectivity index (χ1n) is 6.53. The molecule has 5 nitrogen and oxygen atoms in total. The van der Waals surface area contributed by atoms with Crippen LogP contribution in [0.15, 0.2) is 4.99 Å². The van der Waals surface area contributed by atoms with Gasteiger partial charge in [0.1, 0.15) is 0 Å². The number of nitrogens with zero attached hydrogens (tertiary/aromatic N) is 1. The van der Waals surface area contributed by atoms with E-state index in [1.165, 1.54) is 0 Å². The summed E-state index contributed by atoms with van der Waals surface area (Å²) in [7, 11) is 0. The van der Waals surface area contributed by atoms with Crippen molar-refractivity contribution in [1.82, 2.24) is 0 Å². The monoisotopic (exact) mass is 335 g/mol. The van der Waals surface area contributed by atoms with Crippen molar-refractivity contribution in [3.05, 3.63) is 0 Å². The van der Waals surface area contributed by atoms with Crippen LogP contribution in [0.5, 0.6) is 0 Å². The van der Waals surface area contributed by atoms with E-state index in [9.17, 15) is 9.59 Å². The number of aliphatic imine (C=N–C) groups is 1. The van der Waals surface area contributed by atoms with Crippen molar-refractivity contribution in [2.24, 2.45) is 4.99 Å². The van der Waals surface area contributed by atoms with Gasteiger partial charge in [-0.25, -0.2) is 0 Å². The van der Waals surface area contributed by atoms with Crippen LogP contribution in [-0.2, 0) is 19.1 Å². The average molecular weight is 336 g/mol. The molecule has 0 aromatic heterocycles. The Morgan fingerprint density at radius 1 is 1.00 bits per heavy atom. The molecular formula is C13H22BrNO4. The van der Waals surface area contributed by atoms with E-state index in [0.29, 0.717) is 30.8 Å². The van der Waals surface area contributed by atoms with Crippen molar-refractivity contribution < 1.29 is 19.1 Å². The molecule has 0 atom stereocenters. The normalized spacial score (nSPS) is 9.84. The van der Waals surface area contributed by atoms with Gasteiger partial charge in [0.15, 0.2) is 0 Å². The molecule has 0 radical (unpaired) electrons. The maximum atomic E-state index is 11.5. The molecule has 0 spiro atoms. The Labute approximate surface area is 122 Å². The van der Waals surface area contributed by atoms with Gasteiger partial charge in [-0.15, -0.1) is 0 Å². The lowest BCUT2D eigenvalue weighted by molar-refractivity contribution is -0.142. The Morgan fingerprint density at radius 2 is 1.47 bits per heavy atom. The minimum atomic E-state index is -0.349. The van der Waals surface area contributed by atoms with Crippen molar-refractivity contribution in [3.63, 3.8) is 0 Å². The number of halogens is 1. The second-order valence-electron chi connectivity index (χ2n) is 3.93. The minimum absolute atomic E-state index is 0.0498. The fourth-order valence-electron chi connectivity index (χ4n) is 1.24. The number of rotatable bonds is 10. The third-order valence-corrected chi connectivity index (χ3v) is 2.41. The second-order valence-corrected chi connectivity index (χ2v) is 4.72. The molecule has 0 aliphatic heterocycles. The Kier molecular flexibility index (Phi) is 11.6. The molecule has 110 valence electrons.